The SMILES string of the molecule is CC1(C)COCCN1C1CCCC1C#N. The topological polar surface area (TPSA) is 36.3 Å². The van der Waals surface area contributed by atoms with E-state index in [2.05, 4.69) is 24.8 Å². The Balaban J connectivity index is 2.11. The monoisotopic (exact) mass is 208 g/mol. The number of morpholine rings is 1. The first-order valence-electron chi connectivity index (χ1n) is 5.89. The number of nitriles is 1. The third kappa shape index (κ3) is 2.02. The molecule has 2 aliphatic rings. The lowest BCUT2D eigenvalue weighted by Gasteiger charge is -2.46. The van der Waals surface area contributed by atoms with E-state index in [1.54, 1.807) is 0 Å². The Labute approximate surface area is 92.0 Å². The Hall–Kier alpha value is -0.590. The minimum atomic E-state index is 0.0996. The molecular formula is C12H20N2O. The molecule has 0 aromatic rings. The zero-order chi connectivity index (χ0) is 10.9. The molecule has 0 spiro atoms. The third-order valence-electron chi connectivity index (χ3n) is 3.75. The highest BCUT2D eigenvalue weighted by molar-refractivity contribution is 5.01. The van der Waals surface area contributed by atoms with Gasteiger partial charge < -0.3 is 4.74 Å². The lowest BCUT2D eigenvalue weighted by molar-refractivity contribution is -0.0751. The predicted molar refractivity (Wildman–Crippen MR) is 58.3 cm³/mol. The summed E-state index contributed by atoms with van der Waals surface area (Å²) in [6.45, 7) is 7.04. The molecule has 1 saturated heterocycles. The van der Waals surface area contributed by atoms with Crippen LogP contribution in [0.1, 0.15) is 33.1 Å². The molecule has 1 aliphatic heterocycles. The van der Waals surface area contributed by atoms with Gasteiger partial charge in [-0.1, -0.05) is 6.42 Å². The summed E-state index contributed by atoms with van der Waals surface area (Å²) in [5.41, 5.74) is 0.0996. The largest absolute Gasteiger partial charge is 0.378 e. The van der Waals surface area contributed by atoms with Gasteiger partial charge in [-0.2, -0.15) is 5.26 Å². The van der Waals surface area contributed by atoms with Gasteiger partial charge in [-0.3, -0.25) is 4.90 Å². The van der Waals surface area contributed by atoms with E-state index in [1.165, 1.54) is 12.8 Å². The third-order valence-corrected chi connectivity index (χ3v) is 3.75. The van der Waals surface area contributed by atoms with Gasteiger partial charge in [0, 0.05) is 18.1 Å². The van der Waals surface area contributed by atoms with E-state index >= 15 is 0 Å². The molecule has 0 amide bonds. The first-order valence-corrected chi connectivity index (χ1v) is 5.89. The molecule has 0 radical (unpaired) electrons. The lowest BCUT2D eigenvalue weighted by Crippen LogP contribution is -2.57. The molecule has 2 fully saturated rings. The van der Waals surface area contributed by atoms with Gasteiger partial charge in [0.25, 0.3) is 0 Å². The van der Waals surface area contributed by atoms with Gasteiger partial charge in [-0.15, -0.1) is 0 Å². The van der Waals surface area contributed by atoms with E-state index < -0.39 is 0 Å². The lowest BCUT2D eigenvalue weighted by atomic mass is 9.95. The van der Waals surface area contributed by atoms with Gasteiger partial charge in [0.1, 0.15) is 0 Å². The molecule has 0 bridgehead atoms. The second-order valence-corrected chi connectivity index (χ2v) is 5.29. The van der Waals surface area contributed by atoms with Gasteiger partial charge in [-0.25, -0.2) is 0 Å². The van der Waals surface area contributed by atoms with Crippen molar-refractivity contribution in [1.29, 1.82) is 5.26 Å². The summed E-state index contributed by atoms with van der Waals surface area (Å²) in [7, 11) is 0. The van der Waals surface area contributed by atoms with Crippen molar-refractivity contribution in [2.75, 3.05) is 19.8 Å². The summed E-state index contributed by atoms with van der Waals surface area (Å²) >= 11 is 0. The van der Waals surface area contributed by atoms with Crippen LogP contribution < -0.4 is 0 Å². The Kier molecular flexibility index (Phi) is 2.99. The van der Waals surface area contributed by atoms with Gasteiger partial charge >= 0.3 is 0 Å². The van der Waals surface area contributed by atoms with Crippen LogP contribution in [0.25, 0.3) is 0 Å². The van der Waals surface area contributed by atoms with Crippen LogP contribution in [0.4, 0.5) is 0 Å². The standard InChI is InChI=1S/C12H20N2O/c1-12(2)9-15-7-6-14(12)11-5-3-4-10(11)8-13/h10-11H,3-7,9H2,1-2H3. The van der Waals surface area contributed by atoms with E-state index in [4.69, 9.17) is 10.00 Å². The van der Waals surface area contributed by atoms with E-state index in [0.29, 0.717) is 6.04 Å². The quantitative estimate of drug-likeness (QED) is 0.659. The summed E-state index contributed by atoms with van der Waals surface area (Å²) in [6, 6.07) is 2.93. The summed E-state index contributed by atoms with van der Waals surface area (Å²) in [6.07, 6.45) is 3.46. The van der Waals surface area contributed by atoms with E-state index in [1.807, 2.05) is 0 Å². The Morgan fingerprint density at radius 3 is 2.87 bits per heavy atom. The fourth-order valence-electron chi connectivity index (χ4n) is 2.95. The van der Waals surface area contributed by atoms with Crippen molar-refractivity contribution in [3.8, 4) is 6.07 Å². The van der Waals surface area contributed by atoms with Crippen molar-refractivity contribution < 1.29 is 4.74 Å². The highest BCUT2D eigenvalue weighted by Crippen LogP contribution is 2.34. The first-order chi connectivity index (χ1) is 7.15. The molecule has 2 unspecified atom stereocenters. The second kappa shape index (κ2) is 4.11. The molecule has 1 saturated carbocycles. The second-order valence-electron chi connectivity index (χ2n) is 5.29. The number of ether oxygens (including phenoxy) is 1. The molecule has 2 rings (SSSR count). The van der Waals surface area contributed by atoms with Gasteiger partial charge in [0.2, 0.25) is 0 Å². The van der Waals surface area contributed by atoms with Gasteiger partial charge in [0.05, 0.1) is 25.2 Å². The number of hydrogen-bond donors (Lipinski definition) is 0. The average Bonchev–Trinajstić information content (AvgIpc) is 2.64. The zero-order valence-electron chi connectivity index (χ0n) is 9.70. The number of nitrogens with zero attached hydrogens (tertiary/aromatic N) is 2. The van der Waals surface area contributed by atoms with Crippen LogP contribution in [-0.4, -0.2) is 36.2 Å². The van der Waals surface area contributed by atoms with Crippen LogP contribution in [0.5, 0.6) is 0 Å². The number of hydrogen-bond acceptors (Lipinski definition) is 3. The molecule has 0 aromatic carbocycles. The maximum absolute atomic E-state index is 9.13. The fraction of sp³-hybridized carbons (Fsp3) is 0.917. The van der Waals surface area contributed by atoms with E-state index in [9.17, 15) is 0 Å². The molecule has 0 aromatic heterocycles. The van der Waals surface area contributed by atoms with Crippen molar-refractivity contribution >= 4 is 0 Å². The van der Waals surface area contributed by atoms with Crippen LogP contribution in [0.3, 0.4) is 0 Å². The van der Waals surface area contributed by atoms with Crippen LogP contribution in [0.15, 0.2) is 0 Å². The molecule has 3 heteroatoms. The molecule has 3 nitrogen and oxygen atoms in total. The zero-order valence-corrected chi connectivity index (χ0v) is 9.70. The normalized spacial score (nSPS) is 36.3. The summed E-state index contributed by atoms with van der Waals surface area (Å²) in [5, 5.41) is 9.13. The smallest absolute Gasteiger partial charge is 0.0672 e. The minimum absolute atomic E-state index is 0.0996. The molecule has 84 valence electrons. The Morgan fingerprint density at radius 2 is 2.20 bits per heavy atom. The molecule has 15 heavy (non-hydrogen) atoms. The maximum Gasteiger partial charge on any atom is 0.0672 e. The number of rotatable bonds is 1. The van der Waals surface area contributed by atoms with Crippen molar-refractivity contribution in [3.63, 3.8) is 0 Å². The first kappa shape index (κ1) is 10.9. The van der Waals surface area contributed by atoms with Crippen molar-refractivity contribution in [1.82, 2.24) is 4.90 Å². The van der Waals surface area contributed by atoms with Crippen molar-refractivity contribution in [2.24, 2.45) is 5.92 Å². The van der Waals surface area contributed by atoms with Gasteiger partial charge in [-0.05, 0) is 26.7 Å². The summed E-state index contributed by atoms with van der Waals surface area (Å²) < 4.78 is 5.52. The summed E-state index contributed by atoms with van der Waals surface area (Å²) in [4.78, 5) is 2.50. The predicted octanol–water partition coefficient (Wildman–Crippen LogP) is 1.79. The van der Waals surface area contributed by atoms with Crippen LogP contribution >= 0.6 is 0 Å². The fourth-order valence-corrected chi connectivity index (χ4v) is 2.95. The Bertz CT molecular complexity index is 269. The van der Waals surface area contributed by atoms with Crippen LogP contribution in [0, 0.1) is 17.2 Å². The van der Waals surface area contributed by atoms with Crippen LogP contribution in [-0.2, 0) is 4.74 Å². The maximum atomic E-state index is 9.13. The molecule has 1 aliphatic carbocycles. The minimum Gasteiger partial charge on any atom is -0.378 e. The molecule has 1 heterocycles. The van der Waals surface area contributed by atoms with Crippen LogP contribution in [0.2, 0.25) is 0 Å². The Morgan fingerprint density at radius 1 is 1.40 bits per heavy atom. The molecule has 2 atom stereocenters. The van der Waals surface area contributed by atoms with Gasteiger partial charge in [0.15, 0.2) is 0 Å². The van der Waals surface area contributed by atoms with E-state index in [0.717, 1.165) is 26.2 Å². The summed E-state index contributed by atoms with van der Waals surface area (Å²) in [5.74, 6) is 0.238. The molecule has 0 N–H and O–H groups in total. The van der Waals surface area contributed by atoms with Crippen molar-refractivity contribution in [2.45, 2.75) is 44.7 Å². The highest BCUT2D eigenvalue weighted by Gasteiger charge is 2.40. The molecular weight excluding hydrogens is 188 g/mol. The van der Waals surface area contributed by atoms with Crippen molar-refractivity contribution in [3.05, 3.63) is 0 Å². The van der Waals surface area contributed by atoms with E-state index in [-0.39, 0.29) is 11.5 Å². The average molecular weight is 208 g/mol. The highest BCUT2D eigenvalue weighted by atomic mass is 16.5.